The van der Waals surface area contributed by atoms with Crippen molar-refractivity contribution in [3.8, 4) is 28.1 Å². The summed E-state index contributed by atoms with van der Waals surface area (Å²) in [6.45, 7) is 0.427. The van der Waals surface area contributed by atoms with E-state index in [4.69, 9.17) is 4.74 Å². The molecule has 0 aliphatic carbocycles. The number of benzene rings is 2. The molecule has 6 heteroatoms. The number of nitrogens with zero attached hydrogens (tertiary/aromatic N) is 5. The molecular formula is C24H19N5O. The minimum absolute atomic E-state index is 0.427. The van der Waals surface area contributed by atoms with E-state index >= 15 is 0 Å². The van der Waals surface area contributed by atoms with Crippen LogP contribution in [0.1, 0.15) is 5.56 Å². The number of hydrogen-bond donors (Lipinski definition) is 0. The number of pyridine rings is 1. The summed E-state index contributed by atoms with van der Waals surface area (Å²) in [5.74, 6) is 0.577. The van der Waals surface area contributed by atoms with Gasteiger partial charge in [0.05, 0.1) is 23.5 Å². The van der Waals surface area contributed by atoms with Crippen LogP contribution in [0.3, 0.4) is 0 Å². The normalized spacial score (nSPS) is 11.0. The van der Waals surface area contributed by atoms with Crippen molar-refractivity contribution in [2.45, 2.75) is 6.61 Å². The molecule has 146 valence electrons. The van der Waals surface area contributed by atoms with E-state index in [2.05, 4.69) is 68.8 Å². The van der Waals surface area contributed by atoms with Crippen LogP contribution in [-0.4, -0.2) is 25.0 Å². The van der Waals surface area contributed by atoms with Crippen LogP contribution in [0.4, 0.5) is 0 Å². The lowest BCUT2D eigenvalue weighted by Gasteiger charge is -2.08. The first kappa shape index (κ1) is 18.0. The fourth-order valence-corrected chi connectivity index (χ4v) is 3.49. The van der Waals surface area contributed by atoms with Gasteiger partial charge < -0.3 is 4.74 Å². The van der Waals surface area contributed by atoms with E-state index in [9.17, 15) is 0 Å². The zero-order valence-electron chi connectivity index (χ0n) is 16.4. The van der Waals surface area contributed by atoms with Crippen molar-refractivity contribution in [1.82, 2.24) is 25.0 Å². The minimum atomic E-state index is 0.427. The van der Waals surface area contributed by atoms with Gasteiger partial charge >= 0.3 is 0 Å². The fourth-order valence-electron chi connectivity index (χ4n) is 3.49. The van der Waals surface area contributed by atoms with Crippen LogP contribution in [0.2, 0.25) is 0 Å². The maximum Gasteiger partial charge on any atom is 0.241 e. The summed E-state index contributed by atoms with van der Waals surface area (Å²) in [7, 11) is 1.87. The summed E-state index contributed by atoms with van der Waals surface area (Å²) in [5, 5.41) is 13.3. The Hall–Kier alpha value is -4.06. The smallest absolute Gasteiger partial charge is 0.241 e. The Labute approximate surface area is 173 Å². The van der Waals surface area contributed by atoms with Crippen LogP contribution in [-0.2, 0) is 13.7 Å². The van der Waals surface area contributed by atoms with E-state index in [1.165, 1.54) is 0 Å². The largest absolute Gasteiger partial charge is 0.471 e. The molecule has 5 aromatic rings. The fraction of sp³-hybridized carbons (Fsp3) is 0.0833. The third-order valence-corrected chi connectivity index (χ3v) is 4.96. The van der Waals surface area contributed by atoms with Gasteiger partial charge in [0.2, 0.25) is 5.88 Å². The van der Waals surface area contributed by atoms with Gasteiger partial charge in [0, 0.05) is 36.0 Å². The quantitative estimate of drug-likeness (QED) is 0.434. The van der Waals surface area contributed by atoms with Gasteiger partial charge in [0.25, 0.3) is 0 Å². The average molecular weight is 393 g/mol. The van der Waals surface area contributed by atoms with Gasteiger partial charge in [0.1, 0.15) is 6.61 Å². The van der Waals surface area contributed by atoms with Crippen molar-refractivity contribution >= 4 is 10.9 Å². The van der Waals surface area contributed by atoms with Gasteiger partial charge in [-0.1, -0.05) is 48.5 Å². The molecule has 3 aromatic heterocycles. The molecule has 0 aliphatic rings. The molecule has 0 saturated carbocycles. The Morgan fingerprint density at radius 3 is 2.53 bits per heavy atom. The number of fused-ring (bicyclic) bond motifs is 1. The van der Waals surface area contributed by atoms with Crippen LogP contribution in [0.15, 0.2) is 85.5 Å². The van der Waals surface area contributed by atoms with Crippen LogP contribution < -0.4 is 4.74 Å². The zero-order chi connectivity index (χ0) is 20.3. The second-order valence-electron chi connectivity index (χ2n) is 7.02. The molecule has 6 nitrogen and oxygen atoms in total. The number of aryl methyl sites for hydroxylation is 1. The maximum absolute atomic E-state index is 6.02. The molecule has 0 saturated heterocycles. The maximum atomic E-state index is 6.02. The molecule has 0 amide bonds. The zero-order valence-corrected chi connectivity index (χ0v) is 16.4. The highest BCUT2D eigenvalue weighted by molar-refractivity contribution is 5.93. The van der Waals surface area contributed by atoms with Gasteiger partial charge in [0.15, 0.2) is 0 Å². The molecule has 0 atom stereocenters. The highest BCUT2D eigenvalue weighted by Gasteiger charge is 2.12. The van der Waals surface area contributed by atoms with E-state index in [-0.39, 0.29) is 0 Å². The van der Waals surface area contributed by atoms with E-state index in [0.717, 1.165) is 38.7 Å². The van der Waals surface area contributed by atoms with Gasteiger partial charge in [-0.3, -0.25) is 9.67 Å². The van der Waals surface area contributed by atoms with Gasteiger partial charge in [-0.15, -0.1) is 5.10 Å². The van der Waals surface area contributed by atoms with Gasteiger partial charge in [-0.25, -0.2) is 0 Å². The summed E-state index contributed by atoms with van der Waals surface area (Å²) in [6.07, 6.45) is 7.11. The first-order valence-electron chi connectivity index (χ1n) is 9.64. The molecule has 30 heavy (non-hydrogen) atoms. The summed E-state index contributed by atoms with van der Waals surface area (Å²) in [6, 6.07) is 20.5. The SMILES string of the molecule is Cn1cc(-c2ccnnc2)c(OCc2ccc(-c3cccc4cccnc34)cc2)n1. The second-order valence-corrected chi connectivity index (χ2v) is 7.02. The molecule has 0 N–H and O–H groups in total. The lowest BCUT2D eigenvalue weighted by molar-refractivity contribution is 0.292. The highest BCUT2D eigenvalue weighted by Crippen LogP contribution is 2.29. The Balaban J connectivity index is 1.37. The third-order valence-electron chi connectivity index (χ3n) is 4.96. The summed E-state index contributed by atoms with van der Waals surface area (Å²) >= 11 is 0. The number of ether oxygens (including phenoxy) is 1. The van der Waals surface area contributed by atoms with Crippen molar-refractivity contribution in [2.24, 2.45) is 7.05 Å². The lowest BCUT2D eigenvalue weighted by Crippen LogP contribution is -1.98. The van der Waals surface area contributed by atoms with Crippen LogP contribution >= 0.6 is 0 Å². The number of para-hydroxylation sites is 1. The molecule has 0 bridgehead atoms. The van der Waals surface area contributed by atoms with Crippen LogP contribution in [0.25, 0.3) is 33.2 Å². The van der Waals surface area contributed by atoms with Crippen molar-refractivity contribution in [2.75, 3.05) is 0 Å². The van der Waals surface area contributed by atoms with Crippen molar-refractivity contribution in [3.63, 3.8) is 0 Å². The van der Waals surface area contributed by atoms with E-state index in [1.807, 2.05) is 31.6 Å². The number of hydrogen-bond acceptors (Lipinski definition) is 5. The predicted octanol–water partition coefficient (Wildman–Crippen LogP) is 4.67. The predicted molar refractivity (Wildman–Crippen MR) is 116 cm³/mol. The Morgan fingerprint density at radius 2 is 1.70 bits per heavy atom. The molecule has 0 radical (unpaired) electrons. The highest BCUT2D eigenvalue weighted by atomic mass is 16.5. The standard InChI is InChI=1S/C24H19N5O/c1-29-15-22(20-11-13-26-27-14-20)24(28-29)30-16-17-7-9-18(10-8-17)21-6-2-4-19-5-3-12-25-23(19)21/h2-15H,16H2,1H3. The van der Waals surface area contributed by atoms with Crippen LogP contribution in [0.5, 0.6) is 5.88 Å². The first-order chi connectivity index (χ1) is 14.8. The molecular weight excluding hydrogens is 374 g/mol. The molecule has 0 unspecified atom stereocenters. The summed E-state index contributed by atoms with van der Waals surface area (Å²) in [4.78, 5) is 4.55. The van der Waals surface area contributed by atoms with E-state index < -0.39 is 0 Å². The number of rotatable bonds is 5. The third kappa shape index (κ3) is 3.51. The van der Waals surface area contributed by atoms with Gasteiger partial charge in [-0.2, -0.15) is 10.2 Å². The molecule has 5 rings (SSSR count). The number of aromatic nitrogens is 5. The average Bonchev–Trinajstić information content (AvgIpc) is 3.19. The van der Waals surface area contributed by atoms with Crippen molar-refractivity contribution in [3.05, 3.63) is 91.0 Å². The minimum Gasteiger partial charge on any atom is -0.471 e. The molecule has 0 aliphatic heterocycles. The lowest BCUT2D eigenvalue weighted by atomic mass is 10.0. The topological polar surface area (TPSA) is 65.7 Å². The van der Waals surface area contributed by atoms with E-state index in [1.54, 1.807) is 17.1 Å². The molecule has 0 spiro atoms. The van der Waals surface area contributed by atoms with Crippen LogP contribution in [0, 0.1) is 0 Å². The Bertz CT molecular complexity index is 1290. The molecule has 0 fully saturated rings. The summed E-state index contributed by atoms with van der Waals surface area (Å²) in [5.41, 5.74) is 6.14. The summed E-state index contributed by atoms with van der Waals surface area (Å²) < 4.78 is 7.76. The molecule has 2 aromatic carbocycles. The first-order valence-corrected chi connectivity index (χ1v) is 9.64. The molecule has 3 heterocycles. The van der Waals surface area contributed by atoms with Crippen molar-refractivity contribution < 1.29 is 4.74 Å². The monoisotopic (exact) mass is 393 g/mol. The van der Waals surface area contributed by atoms with Crippen molar-refractivity contribution in [1.29, 1.82) is 0 Å². The van der Waals surface area contributed by atoms with Gasteiger partial charge in [-0.05, 0) is 23.3 Å². The Morgan fingerprint density at radius 1 is 0.833 bits per heavy atom. The second kappa shape index (κ2) is 7.75. The van der Waals surface area contributed by atoms with E-state index in [0.29, 0.717) is 12.5 Å². The Kier molecular flexibility index (Phi) is 4.65.